The fourth-order valence-corrected chi connectivity index (χ4v) is 4.72. The zero-order chi connectivity index (χ0) is 28.2. The number of carbonyl (C=O) groups is 3. The van der Waals surface area contributed by atoms with Gasteiger partial charge in [0, 0.05) is 25.9 Å². The Bertz CT molecular complexity index is 1300. The molecule has 3 aromatic rings. The number of fused-ring (bicyclic) bond motifs is 3. The van der Waals surface area contributed by atoms with Crippen molar-refractivity contribution in [3.05, 3.63) is 95.1 Å². The molecule has 0 heterocycles. The maximum absolute atomic E-state index is 13.0. The van der Waals surface area contributed by atoms with E-state index in [1.54, 1.807) is 45.0 Å². The summed E-state index contributed by atoms with van der Waals surface area (Å²) in [5.74, 6) is -1.23. The second-order valence-electron chi connectivity index (χ2n) is 10.6. The lowest BCUT2D eigenvalue weighted by molar-refractivity contribution is -0.142. The number of carboxylic acid groups (broad SMARTS) is 1. The van der Waals surface area contributed by atoms with Gasteiger partial charge >= 0.3 is 18.2 Å². The smallest absolute Gasteiger partial charge is 0.410 e. The summed E-state index contributed by atoms with van der Waals surface area (Å²) in [6, 6.07) is 22.1. The van der Waals surface area contributed by atoms with Gasteiger partial charge in [-0.15, -0.1) is 0 Å². The van der Waals surface area contributed by atoms with Crippen molar-refractivity contribution in [1.29, 1.82) is 0 Å². The van der Waals surface area contributed by atoms with E-state index in [4.69, 9.17) is 9.47 Å². The fourth-order valence-electron chi connectivity index (χ4n) is 4.72. The molecule has 3 aromatic carbocycles. The lowest BCUT2D eigenvalue weighted by atomic mass is 9.98. The summed E-state index contributed by atoms with van der Waals surface area (Å²) in [6.45, 7) is 5.76. The number of nitrogens with zero attached hydrogens (tertiary/aromatic N) is 1. The van der Waals surface area contributed by atoms with Gasteiger partial charge in [-0.05, 0) is 54.2 Å². The van der Waals surface area contributed by atoms with Crippen molar-refractivity contribution in [2.24, 2.45) is 0 Å². The minimum atomic E-state index is -1.12. The molecule has 0 fully saturated rings. The van der Waals surface area contributed by atoms with Gasteiger partial charge in [0.05, 0.1) is 0 Å². The number of likely N-dealkylation sites (N-methyl/N-ethyl adjacent to an activating group) is 1. The topological polar surface area (TPSA) is 105 Å². The van der Waals surface area contributed by atoms with Crippen molar-refractivity contribution >= 4 is 18.2 Å². The van der Waals surface area contributed by atoms with Gasteiger partial charge in [-0.25, -0.2) is 14.4 Å². The molecule has 2 amide bonds. The number of benzene rings is 3. The van der Waals surface area contributed by atoms with Crippen molar-refractivity contribution in [2.45, 2.75) is 51.3 Å². The highest BCUT2D eigenvalue weighted by Crippen LogP contribution is 2.44. The first-order valence-electron chi connectivity index (χ1n) is 12.9. The predicted molar refractivity (Wildman–Crippen MR) is 147 cm³/mol. The summed E-state index contributed by atoms with van der Waals surface area (Å²) < 4.78 is 10.9. The van der Waals surface area contributed by atoms with Crippen LogP contribution in [0.2, 0.25) is 0 Å². The van der Waals surface area contributed by atoms with Crippen LogP contribution in [0.4, 0.5) is 9.59 Å². The van der Waals surface area contributed by atoms with Crippen molar-refractivity contribution in [2.75, 3.05) is 13.7 Å². The molecule has 0 saturated heterocycles. The number of rotatable bonds is 8. The average Bonchev–Trinajstić information content (AvgIpc) is 3.22. The van der Waals surface area contributed by atoms with E-state index in [-0.39, 0.29) is 25.5 Å². The van der Waals surface area contributed by atoms with Crippen LogP contribution in [0, 0.1) is 0 Å². The number of ether oxygens (including phenoxy) is 2. The Labute approximate surface area is 228 Å². The molecule has 8 nitrogen and oxygen atoms in total. The van der Waals surface area contributed by atoms with Crippen molar-refractivity contribution in [3.63, 3.8) is 0 Å². The summed E-state index contributed by atoms with van der Waals surface area (Å²) in [6.07, 6.45) is -1.10. The van der Waals surface area contributed by atoms with E-state index in [9.17, 15) is 19.5 Å². The second-order valence-corrected chi connectivity index (χ2v) is 10.6. The van der Waals surface area contributed by atoms with Gasteiger partial charge in [-0.3, -0.25) is 4.90 Å². The van der Waals surface area contributed by atoms with Gasteiger partial charge in [0.15, 0.2) is 0 Å². The third-order valence-electron chi connectivity index (χ3n) is 6.66. The zero-order valence-corrected chi connectivity index (χ0v) is 22.6. The van der Waals surface area contributed by atoms with Crippen molar-refractivity contribution in [1.82, 2.24) is 10.2 Å². The Balaban J connectivity index is 1.36. The minimum Gasteiger partial charge on any atom is -0.480 e. The summed E-state index contributed by atoms with van der Waals surface area (Å²) in [5, 5.41) is 12.6. The predicted octanol–water partition coefficient (Wildman–Crippen LogP) is 5.59. The molecule has 1 aliphatic rings. The lowest BCUT2D eigenvalue weighted by Gasteiger charge is -2.25. The minimum absolute atomic E-state index is 0.107. The maximum Gasteiger partial charge on any atom is 0.410 e. The molecule has 39 heavy (non-hydrogen) atoms. The Kier molecular flexibility index (Phi) is 8.24. The number of hydrogen-bond donors (Lipinski definition) is 2. The summed E-state index contributed by atoms with van der Waals surface area (Å²) in [5.41, 5.74) is 5.41. The van der Waals surface area contributed by atoms with E-state index in [0.717, 1.165) is 38.3 Å². The van der Waals surface area contributed by atoms with E-state index < -0.39 is 29.8 Å². The highest BCUT2D eigenvalue weighted by atomic mass is 16.6. The number of aliphatic carboxylic acids is 1. The molecule has 2 N–H and O–H groups in total. The van der Waals surface area contributed by atoms with Crippen molar-refractivity contribution < 1.29 is 29.0 Å². The van der Waals surface area contributed by atoms with Crippen LogP contribution in [0.15, 0.2) is 72.8 Å². The first-order chi connectivity index (χ1) is 18.5. The van der Waals surface area contributed by atoms with E-state index in [1.165, 1.54) is 7.05 Å². The molecular weight excluding hydrogens is 496 g/mol. The molecule has 1 aliphatic carbocycles. The van der Waals surface area contributed by atoms with Gasteiger partial charge in [-0.2, -0.15) is 0 Å². The van der Waals surface area contributed by atoms with Crippen LogP contribution in [0.3, 0.4) is 0 Å². The Morgan fingerprint density at radius 2 is 1.44 bits per heavy atom. The molecule has 1 atom stereocenters. The fraction of sp³-hybridized carbons (Fsp3) is 0.323. The molecule has 0 saturated carbocycles. The van der Waals surface area contributed by atoms with E-state index in [0.29, 0.717) is 0 Å². The normalized spacial score (nSPS) is 13.1. The molecule has 0 aromatic heterocycles. The third-order valence-corrected chi connectivity index (χ3v) is 6.66. The number of amides is 2. The van der Waals surface area contributed by atoms with Crippen LogP contribution in [0.25, 0.3) is 11.1 Å². The first-order valence-corrected chi connectivity index (χ1v) is 12.9. The van der Waals surface area contributed by atoms with Crippen LogP contribution >= 0.6 is 0 Å². The van der Waals surface area contributed by atoms with Crippen LogP contribution in [0.5, 0.6) is 0 Å². The SMILES string of the molecule is CN(C(=O)OCC1c2ccccc2-c2ccccc21)[C@@H](Cc1ccc(CNC(=O)OC(C)(C)C)cc1)C(=O)O. The number of carbonyl (C=O) groups excluding carboxylic acids is 2. The number of hydrogen-bond acceptors (Lipinski definition) is 5. The molecule has 0 radical (unpaired) electrons. The molecule has 0 spiro atoms. The number of alkyl carbamates (subject to hydrolysis) is 1. The third kappa shape index (κ3) is 6.76. The first kappa shape index (κ1) is 27.7. The molecule has 0 aliphatic heterocycles. The zero-order valence-electron chi connectivity index (χ0n) is 22.6. The van der Waals surface area contributed by atoms with Gasteiger partial charge in [-0.1, -0.05) is 72.8 Å². The van der Waals surface area contributed by atoms with Gasteiger partial charge in [0.2, 0.25) is 0 Å². The Morgan fingerprint density at radius 3 is 1.97 bits per heavy atom. The van der Waals surface area contributed by atoms with Crippen LogP contribution in [0.1, 0.15) is 48.9 Å². The van der Waals surface area contributed by atoms with Gasteiger partial charge < -0.3 is 19.9 Å². The molecule has 0 unspecified atom stereocenters. The Hall–Kier alpha value is -4.33. The summed E-state index contributed by atoms with van der Waals surface area (Å²) >= 11 is 0. The quantitative estimate of drug-likeness (QED) is 0.394. The highest BCUT2D eigenvalue weighted by Gasteiger charge is 2.32. The van der Waals surface area contributed by atoms with Crippen molar-refractivity contribution in [3.8, 4) is 11.1 Å². The summed E-state index contributed by atoms with van der Waals surface area (Å²) in [7, 11) is 1.44. The van der Waals surface area contributed by atoms with E-state index in [2.05, 4.69) is 17.4 Å². The molecule has 204 valence electrons. The molecule has 4 rings (SSSR count). The second kappa shape index (κ2) is 11.6. The Morgan fingerprint density at radius 1 is 0.897 bits per heavy atom. The molecule has 0 bridgehead atoms. The molecular formula is C31H34N2O6. The average molecular weight is 531 g/mol. The van der Waals surface area contributed by atoms with Gasteiger partial charge in [0.1, 0.15) is 18.2 Å². The maximum atomic E-state index is 13.0. The standard InChI is InChI=1S/C31H34N2O6/c1-31(2,3)39-29(36)32-18-21-15-13-20(14-16-21)17-27(28(34)35)33(4)30(37)38-19-26-24-11-7-5-9-22(24)23-10-6-8-12-25(23)26/h5-16,26-27H,17-19H2,1-4H3,(H,32,36)(H,34,35)/t27-/m0/s1. The summed E-state index contributed by atoms with van der Waals surface area (Å²) in [4.78, 5) is 38.0. The van der Waals surface area contributed by atoms with E-state index >= 15 is 0 Å². The van der Waals surface area contributed by atoms with E-state index in [1.807, 2.05) is 36.4 Å². The molecule has 8 heteroatoms. The van der Waals surface area contributed by atoms with Crippen LogP contribution in [-0.2, 0) is 27.2 Å². The van der Waals surface area contributed by atoms with Gasteiger partial charge in [0.25, 0.3) is 0 Å². The lowest BCUT2D eigenvalue weighted by Crippen LogP contribution is -2.44. The highest BCUT2D eigenvalue weighted by molar-refractivity contribution is 5.81. The number of carboxylic acids is 1. The van der Waals surface area contributed by atoms with Crippen LogP contribution < -0.4 is 5.32 Å². The van der Waals surface area contributed by atoms with Crippen LogP contribution in [-0.4, -0.2) is 53.5 Å². The largest absolute Gasteiger partial charge is 0.480 e. The monoisotopic (exact) mass is 530 g/mol. The number of nitrogens with one attached hydrogen (secondary N) is 1.